The zero-order chi connectivity index (χ0) is 19.7. The molecule has 5 nitrogen and oxygen atoms in total. The van der Waals surface area contributed by atoms with E-state index in [9.17, 15) is 13.6 Å². The highest BCUT2D eigenvalue weighted by atomic mass is 35.5. The van der Waals surface area contributed by atoms with Gasteiger partial charge in [-0.1, -0.05) is 11.6 Å². The van der Waals surface area contributed by atoms with E-state index in [1.54, 1.807) is 25.3 Å². The van der Waals surface area contributed by atoms with Gasteiger partial charge in [-0.3, -0.25) is 19.3 Å². The fourth-order valence-electron chi connectivity index (χ4n) is 2.64. The molecule has 3 heterocycles. The molecule has 0 saturated carbocycles. The molecule has 0 bridgehead atoms. The number of pyridine rings is 3. The number of ether oxygens (including phenoxy) is 1. The van der Waals surface area contributed by atoms with Crippen molar-refractivity contribution in [3.8, 4) is 11.4 Å². The van der Waals surface area contributed by atoms with Crippen LogP contribution in [0.4, 0.5) is 8.78 Å². The SMILES string of the molecule is Bc1cc(-n2c(C)cc(OCc3ncc(F)cc3F)c(Cl)c2=O)c(C)cn1. The third kappa shape index (κ3) is 3.85. The molecule has 0 N–H and O–H groups in total. The lowest BCUT2D eigenvalue weighted by Gasteiger charge is -2.16. The Morgan fingerprint density at radius 1 is 1.19 bits per heavy atom. The Kier molecular flexibility index (Phi) is 5.27. The van der Waals surface area contributed by atoms with Gasteiger partial charge in [0.2, 0.25) is 0 Å². The Morgan fingerprint density at radius 2 is 1.93 bits per heavy atom. The molecule has 0 aliphatic carbocycles. The summed E-state index contributed by atoms with van der Waals surface area (Å²) in [7, 11) is 1.83. The molecule has 0 aliphatic rings. The lowest BCUT2D eigenvalue weighted by atomic mass is 10.0. The van der Waals surface area contributed by atoms with E-state index in [4.69, 9.17) is 16.3 Å². The maximum absolute atomic E-state index is 13.7. The molecular weight excluding hydrogens is 374 g/mol. The fourth-order valence-corrected chi connectivity index (χ4v) is 2.83. The molecule has 0 aromatic carbocycles. The lowest BCUT2D eigenvalue weighted by molar-refractivity contribution is 0.292. The molecule has 0 atom stereocenters. The van der Waals surface area contributed by atoms with Crippen LogP contribution >= 0.6 is 11.6 Å². The average molecular weight is 390 g/mol. The first-order valence-electron chi connectivity index (χ1n) is 8.06. The Morgan fingerprint density at radius 3 is 2.63 bits per heavy atom. The minimum absolute atomic E-state index is 0.0881. The van der Waals surface area contributed by atoms with Crippen LogP contribution in [0.2, 0.25) is 5.02 Å². The summed E-state index contributed by atoms with van der Waals surface area (Å²) in [6, 6.07) is 4.09. The molecule has 9 heteroatoms. The summed E-state index contributed by atoms with van der Waals surface area (Å²) in [4.78, 5) is 20.6. The molecule has 0 saturated heterocycles. The summed E-state index contributed by atoms with van der Waals surface area (Å²) in [5, 5.41) is -0.142. The highest BCUT2D eigenvalue weighted by Crippen LogP contribution is 2.25. The summed E-state index contributed by atoms with van der Waals surface area (Å²) in [6.07, 6.45) is 2.57. The predicted octanol–water partition coefficient (Wildman–Crippen LogP) is 2.01. The first-order valence-corrected chi connectivity index (χ1v) is 8.44. The number of nitrogens with zero attached hydrogens (tertiary/aromatic N) is 3. The topological polar surface area (TPSA) is 57.0 Å². The number of halogens is 3. The van der Waals surface area contributed by atoms with E-state index < -0.39 is 17.2 Å². The summed E-state index contributed by atoms with van der Waals surface area (Å²) >= 11 is 6.20. The van der Waals surface area contributed by atoms with E-state index in [0.29, 0.717) is 17.4 Å². The fraction of sp³-hybridized carbons (Fsp3) is 0.167. The van der Waals surface area contributed by atoms with E-state index in [-0.39, 0.29) is 23.1 Å². The quantitative estimate of drug-likeness (QED) is 0.641. The molecule has 0 spiro atoms. The van der Waals surface area contributed by atoms with Crippen LogP contribution < -0.4 is 15.9 Å². The van der Waals surface area contributed by atoms with Crippen molar-refractivity contribution in [2.45, 2.75) is 20.5 Å². The van der Waals surface area contributed by atoms with Crippen molar-refractivity contribution in [2.24, 2.45) is 0 Å². The summed E-state index contributed by atoms with van der Waals surface area (Å²) in [5.41, 5.74) is 2.28. The first kappa shape index (κ1) is 19.0. The van der Waals surface area contributed by atoms with Gasteiger partial charge in [0.1, 0.15) is 28.9 Å². The van der Waals surface area contributed by atoms with Gasteiger partial charge in [0.05, 0.1) is 11.9 Å². The third-order valence-electron chi connectivity index (χ3n) is 4.00. The van der Waals surface area contributed by atoms with E-state index in [2.05, 4.69) is 9.97 Å². The van der Waals surface area contributed by atoms with Crippen LogP contribution in [0, 0.1) is 25.5 Å². The van der Waals surface area contributed by atoms with Crippen molar-refractivity contribution in [2.75, 3.05) is 0 Å². The van der Waals surface area contributed by atoms with Crippen LogP contribution in [0.5, 0.6) is 5.75 Å². The lowest BCUT2D eigenvalue weighted by Crippen LogP contribution is -2.24. The van der Waals surface area contributed by atoms with Gasteiger partial charge in [-0.25, -0.2) is 8.78 Å². The molecule has 3 aromatic heterocycles. The molecule has 0 amide bonds. The van der Waals surface area contributed by atoms with Crippen molar-refractivity contribution in [3.05, 3.63) is 74.6 Å². The maximum atomic E-state index is 13.7. The molecule has 0 unspecified atom stereocenters. The molecule has 3 rings (SSSR count). The second-order valence-electron chi connectivity index (χ2n) is 6.09. The van der Waals surface area contributed by atoms with Gasteiger partial charge < -0.3 is 4.74 Å². The van der Waals surface area contributed by atoms with E-state index in [1.165, 1.54) is 4.57 Å². The van der Waals surface area contributed by atoms with Gasteiger partial charge in [0.15, 0.2) is 13.7 Å². The van der Waals surface area contributed by atoms with Gasteiger partial charge in [-0.05, 0) is 31.1 Å². The molecule has 27 heavy (non-hydrogen) atoms. The number of rotatable bonds is 4. The van der Waals surface area contributed by atoms with E-state index >= 15 is 0 Å². The number of aromatic nitrogens is 3. The predicted molar refractivity (Wildman–Crippen MR) is 101 cm³/mol. The second kappa shape index (κ2) is 7.48. The van der Waals surface area contributed by atoms with Crippen LogP contribution in [0.3, 0.4) is 0 Å². The van der Waals surface area contributed by atoms with Crippen LogP contribution in [0.15, 0.2) is 35.4 Å². The van der Waals surface area contributed by atoms with Crippen LogP contribution in [0.1, 0.15) is 17.0 Å². The van der Waals surface area contributed by atoms with Crippen molar-refractivity contribution in [1.29, 1.82) is 0 Å². The molecule has 0 radical (unpaired) electrons. The van der Waals surface area contributed by atoms with E-state index in [1.807, 2.05) is 14.8 Å². The molecule has 3 aromatic rings. The number of hydrogen-bond donors (Lipinski definition) is 0. The Bertz CT molecular complexity index is 1090. The van der Waals surface area contributed by atoms with Crippen molar-refractivity contribution in [3.63, 3.8) is 0 Å². The third-order valence-corrected chi connectivity index (χ3v) is 4.35. The number of aryl methyl sites for hydroxylation is 2. The van der Waals surface area contributed by atoms with Crippen LogP contribution in [0.25, 0.3) is 5.69 Å². The van der Waals surface area contributed by atoms with Crippen LogP contribution in [-0.4, -0.2) is 22.4 Å². The molecule has 0 aliphatic heterocycles. The Balaban J connectivity index is 1.98. The molecule has 138 valence electrons. The standard InChI is InChI=1S/C18H15BClF2N3O2/c1-9-6-24-16(19)5-14(9)25-10(2)3-15(17(20)18(25)26)27-8-13-12(22)4-11(21)7-23-13/h3-7H,8,19H2,1-2H3. The zero-order valence-corrected chi connectivity index (χ0v) is 15.6. The monoisotopic (exact) mass is 389 g/mol. The summed E-state index contributed by atoms with van der Waals surface area (Å²) in [6.45, 7) is 3.29. The highest BCUT2D eigenvalue weighted by molar-refractivity contribution is 6.32. The minimum atomic E-state index is -0.834. The van der Waals surface area contributed by atoms with Gasteiger partial charge in [0, 0.05) is 24.0 Å². The first-order chi connectivity index (χ1) is 12.8. The van der Waals surface area contributed by atoms with Gasteiger partial charge >= 0.3 is 0 Å². The number of hydrogen-bond acceptors (Lipinski definition) is 4. The zero-order valence-electron chi connectivity index (χ0n) is 14.9. The van der Waals surface area contributed by atoms with E-state index in [0.717, 1.165) is 17.4 Å². The van der Waals surface area contributed by atoms with Gasteiger partial charge in [0.25, 0.3) is 5.56 Å². The maximum Gasteiger partial charge on any atom is 0.277 e. The van der Waals surface area contributed by atoms with Gasteiger partial charge in [-0.15, -0.1) is 0 Å². The smallest absolute Gasteiger partial charge is 0.277 e. The van der Waals surface area contributed by atoms with Crippen LogP contribution in [-0.2, 0) is 6.61 Å². The largest absolute Gasteiger partial charge is 0.485 e. The van der Waals surface area contributed by atoms with Crippen molar-refractivity contribution >= 4 is 25.0 Å². The average Bonchev–Trinajstić information content (AvgIpc) is 2.61. The normalized spacial score (nSPS) is 10.9. The summed E-state index contributed by atoms with van der Waals surface area (Å²) in [5.74, 6) is -1.51. The highest BCUT2D eigenvalue weighted by Gasteiger charge is 2.16. The molecule has 0 fully saturated rings. The minimum Gasteiger partial charge on any atom is -0.485 e. The van der Waals surface area contributed by atoms with Gasteiger partial charge in [-0.2, -0.15) is 0 Å². The Hall–Kier alpha value is -2.74. The summed E-state index contributed by atoms with van der Waals surface area (Å²) < 4.78 is 33.6. The van der Waals surface area contributed by atoms with Crippen molar-refractivity contribution in [1.82, 2.24) is 14.5 Å². The Labute approximate surface area is 160 Å². The molecular formula is C18H15BClF2N3O2. The van der Waals surface area contributed by atoms with Crippen molar-refractivity contribution < 1.29 is 13.5 Å². The second-order valence-corrected chi connectivity index (χ2v) is 6.47.